The fourth-order valence-electron chi connectivity index (χ4n) is 2.65. The van der Waals surface area contributed by atoms with Gasteiger partial charge >= 0.3 is 0 Å². The molecule has 2 atom stereocenters. The molecule has 108 valence electrons. The van der Waals surface area contributed by atoms with Gasteiger partial charge in [-0.3, -0.25) is 0 Å². The Morgan fingerprint density at radius 2 is 2.30 bits per heavy atom. The van der Waals surface area contributed by atoms with Crippen LogP contribution in [0.25, 0.3) is 11.2 Å². The third-order valence-corrected chi connectivity index (χ3v) is 3.68. The molecule has 3 N–H and O–H groups in total. The van der Waals surface area contributed by atoms with Crippen molar-refractivity contribution in [1.29, 1.82) is 0 Å². The summed E-state index contributed by atoms with van der Waals surface area (Å²) >= 11 is 0. The van der Waals surface area contributed by atoms with E-state index in [-0.39, 0.29) is 0 Å². The van der Waals surface area contributed by atoms with Crippen LogP contribution in [0.2, 0.25) is 0 Å². The van der Waals surface area contributed by atoms with E-state index in [2.05, 4.69) is 30.6 Å². The molecule has 1 saturated carbocycles. The Hall–Kier alpha value is -1.89. The van der Waals surface area contributed by atoms with Crippen LogP contribution in [0, 0.1) is 0 Å². The Kier molecular flexibility index (Phi) is 3.68. The lowest BCUT2D eigenvalue weighted by Gasteiger charge is -2.14. The number of methoxy groups -OCH3 is 1. The lowest BCUT2D eigenvalue weighted by molar-refractivity contribution is 0.108. The van der Waals surface area contributed by atoms with Crippen molar-refractivity contribution in [1.82, 2.24) is 19.9 Å². The number of rotatable bonds is 5. The molecule has 7 nitrogen and oxygen atoms in total. The van der Waals surface area contributed by atoms with E-state index in [0.29, 0.717) is 23.7 Å². The van der Waals surface area contributed by atoms with Gasteiger partial charge in [-0.25, -0.2) is 4.98 Å². The average Bonchev–Trinajstić information content (AvgIpc) is 3.07. The van der Waals surface area contributed by atoms with Crippen molar-refractivity contribution in [2.24, 2.45) is 0 Å². The minimum atomic E-state index is 0.347. The topological polar surface area (TPSA) is 87.8 Å². The van der Waals surface area contributed by atoms with E-state index in [4.69, 9.17) is 4.74 Å². The van der Waals surface area contributed by atoms with Gasteiger partial charge in [0.15, 0.2) is 11.5 Å². The summed E-state index contributed by atoms with van der Waals surface area (Å²) in [6.07, 6.45) is 5.18. The largest absolute Gasteiger partial charge is 0.381 e. The predicted molar refractivity (Wildman–Crippen MR) is 77.9 cm³/mol. The van der Waals surface area contributed by atoms with Crippen LogP contribution in [-0.2, 0) is 4.74 Å². The molecule has 20 heavy (non-hydrogen) atoms. The number of aromatic nitrogens is 4. The molecule has 0 amide bonds. The summed E-state index contributed by atoms with van der Waals surface area (Å²) in [6.45, 7) is 2.80. The molecule has 1 aliphatic rings. The van der Waals surface area contributed by atoms with Gasteiger partial charge < -0.3 is 20.4 Å². The summed E-state index contributed by atoms with van der Waals surface area (Å²) in [6, 6.07) is 0.385. The van der Waals surface area contributed by atoms with Crippen LogP contribution < -0.4 is 10.6 Å². The third-order valence-electron chi connectivity index (χ3n) is 3.68. The molecule has 0 spiro atoms. The first-order valence-electron chi connectivity index (χ1n) is 7.04. The zero-order valence-electron chi connectivity index (χ0n) is 11.8. The third kappa shape index (κ3) is 2.53. The summed E-state index contributed by atoms with van der Waals surface area (Å²) in [5.74, 6) is 1.42. The molecule has 2 unspecified atom stereocenters. The highest BCUT2D eigenvalue weighted by Crippen LogP contribution is 2.27. The van der Waals surface area contributed by atoms with Gasteiger partial charge in [0.1, 0.15) is 5.52 Å². The van der Waals surface area contributed by atoms with E-state index in [1.807, 2.05) is 6.92 Å². The summed E-state index contributed by atoms with van der Waals surface area (Å²) in [5.41, 5.74) is 1.53. The van der Waals surface area contributed by atoms with Crippen LogP contribution in [-0.4, -0.2) is 45.7 Å². The van der Waals surface area contributed by atoms with Gasteiger partial charge in [-0.15, -0.1) is 0 Å². The van der Waals surface area contributed by atoms with Gasteiger partial charge in [0.25, 0.3) is 0 Å². The van der Waals surface area contributed by atoms with E-state index in [1.165, 1.54) is 0 Å². The smallest absolute Gasteiger partial charge is 0.226 e. The minimum absolute atomic E-state index is 0.347. The number of anilines is 2. The molecule has 1 aliphatic carbocycles. The summed E-state index contributed by atoms with van der Waals surface area (Å²) in [7, 11) is 1.77. The van der Waals surface area contributed by atoms with Crippen molar-refractivity contribution in [2.45, 2.75) is 38.3 Å². The van der Waals surface area contributed by atoms with Crippen LogP contribution in [0.1, 0.15) is 26.2 Å². The van der Waals surface area contributed by atoms with Crippen molar-refractivity contribution < 1.29 is 4.74 Å². The van der Waals surface area contributed by atoms with Crippen molar-refractivity contribution in [3.63, 3.8) is 0 Å². The predicted octanol–water partition coefficient (Wildman–Crippen LogP) is 1.76. The first-order chi connectivity index (χ1) is 9.80. The van der Waals surface area contributed by atoms with Gasteiger partial charge in [0, 0.05) is 19.7 Å². The monoisotopic (exact) mass is 276 g/mol. The van der Waals surface area contributed by atoms with Crippen LogP contribution in [0.4, 0.5) is 11.8 Å². The maximum Gasteiger partial charge on any atom is 0.226 e. The Balaban J connectivity index is 1.84. The van der Waals surface area contributed by atoms with E-state index < -0.39 is 0 Å². The summed E-state index contributed by atoms with van der Waals surface area (Å²) in [4.78, 5) is 16.2. The van der Waals surface area contributed by atoms with Gasteiger partial charge in [-0.1, -0.05) is 0 Å². The highest BCUT2D eigenvalue weighted by molar-refractivity contribution is 5.83. The molecule has 0 radical (unpaired) electrons. The Bertz CT molecular complexity index is 583. The number of hydrogen-bond acceptors (Lipinski definition) is 6. The zero-order valence-corrected chi connectivity index (χ0v) is 11.8. The second-order valence-electron chi connectivity index (χ2n) is 5.04. The number of imidazole rings is 1. The minimum Gasteiger partial charge on any atom is -0.381 e. The van der Waals surface area contributed by atoms with Gasteiger partial charge in [-0.05, 0) is 26.2 Å². The molecule has 0 bridgehead atoms. The number of ether oxygens (including phenoxy) is 1. The molecule has 7 heteroatoms. The first kappa shape index (κ1) is 13.1. The molecule has 0 saturated heterocycles. The second kappa shape index (κ2) is 5.62. The summed E-state index contributed by atoms with van der Waals surface area (Å²) in [5, 5.41) is 6.62. The Labute approximate surface area is 117 Å². The standard InChI is InChI=1S/C13H20N6O/c1-3-14-13-18-11-10(15-7-16-11)12(19-13)17-8-4-5-9(6-8)20-2/h7-9H,3-6H2,1-2H3,(H3,14,15,16,17,18,19). The maximum atomic E-state index is 5.41. The number of hydrogen-bond donors (Lipinski definition) is 3. The lowest BCUT2D eigenvalue weighted by Crippen LogP contribution is -2.19. The average molecular weight is 276 g/mol. The maximum absolute atomic E-state index is 5.41. The Morgan fingerprint density at radius 1 is 1.40 bits per heavy atom. The molecule has 0 aromatic carbocycles. The highest BCUT2D eigenvalue weighted by Gasteiger charge is 2.25. The normalized spacial score (nSPS) is 22.3. The molecule has 2 heterocycles. The van der Waals surface area contributed by atoms with Crippen LogP contribution in [0.15, 0.2) is 6.33 Å². The molecule has 2 aromatic rings. The van der Waals surface area contributed by atoms with E-state index >= 15 is 0 Å². The van der Waals surface area contributed by atoms with E-state index in [0.717, 1.165) is 37.1 Å². The number of fused-ring (bicyclic) bond motifs is 1. The SMILES string of the molecule is CCNc1nc(NC2CCC(OC)C2)c2[nH]cnc2n1. The molecule has 0 aliphatic heterocycles. The Morgan fingerprint density at radius 3 is 3.05 bits per heavy atom. The van der Waals surface area contributed by atoms with Crippen molar-refractivity contribution in [2.75, 3.05) is 24.3 Å². The fraction of sp³-hybridized carbons (Fsp3) is 0.615. The van der Waals surface area contributed by atoms with Gasteiger partial charge in [-0.2, -0.15) is 9.97 Å². The molecular weight excluding hydrogens is 256 g/mol. The molecular formula is C13H20N6O. The fourth-order valence-corrected chi connectivity index (χ4v) is 2.65. The molecule has 2 aromatic heterocycles. The van der Waals surface area contributed by atoms with E-state index in [1.54, 1.807) is 13.4 Å². The quantitative estimate of drug-likeness (QED) is 0.771. The number of nitrogens with one attached hydrogen (secondary N) is 3. The first-order valence-corrected chi connectivity index (χ1v) is 7.04. The molecule has 3 rings (SSSR count). The van der Waals surface area contributed by atoms with Crippen LogP contribution >= 0.6 is 0 Å². The van der Waals surface area contributed by atoms with Crippen molar-refractivity contribution in [3.05, 3.63) is 6.33 Å². The van der Waals surface area contributed by atoms with Gasteiger partial charge in [0.05, 0.1) is 12.4 Å². The lowest BCUT2D eigenvalue weighted by atomic mass is 10.2. The van der Waals surface area contributed by atoms with Crippen LogP contribution in [0.5, 0.6) is 0 Å². The summed E-state index contributed by atoms with van der Waals surface area (Å²) < 4.78 is 5.41. The van der Waals surface area contributed by atoms with Gasteiger partial charge in [0.2, 0.25) is 5.95 Å². The molecule has 1 fully saturated rings. The number of aromatic amines is 1. The van der Waals surface area contributed by atoms with E-state index in [9.17, 15) is 0 Å². The van der Waals surface area contributed by atoms with Crippen LogP contribution in [0.3, 0.4) is 0 Å². The van der Waals surface area contributed by atoms with Crippen molar-refractivity contribution >= 4 is 22.9 Å². The zero-order chi connectivity index (χ0) is 13.9. The number of H-pyrrole nitrogens is 1. The highest BCUT2D eigenvalue weighted by atomic mass is 16.5. The van der Waals surface area contributed by atoms with Crippen molar-refractivity contribution in [3.8, 4) is 0 Å². The number of nitrogens with zero attached hydrogens (tertiary/aromatic N) is 3. The second-order valence-corrected chi connectivity index (χ2v) is 5.04.